The van der Waals surface area contributed by atoms with Crippen LogP contribution in [0.4, 0.5) is 0 Å². The van der Waals surface area contributed by atoms with E-state index in [0.717, 1.165) is 21.9 Å². The molecule has 0 aliphatic heterocycles. The van der Waals surface area contributed by atoms with Gasteiger partial charge in [-0.3, -0.25) is 9.89 Å². The highest BCUT2D eigenvalue weighted by Gasteiger charge is 2.16. The van der Waals surface area contributed by atoms with E-state index in [0.29, 0.717) is 27.9 Å². The summed E-state index contributed by atoms with van der Waals surface area (Å²) >= 11 is 5.91. The lowest BCUT2D eigenvalue weighted by Gasteiger charge is -2.09. The van der Waals surface area contributed by atoms with Crippen molar-refractivity contribution in [3.8, 4) is 17.0 Å². The lowest BCUT2D eigenvalue weighted by atomic mass is 10.0. The lowest BCUT2D eigenvalue weighted by molar-refractivity contribution is 0.0950. The maximum Gasteiger partial charge on any atom is 0.289 e. The number of rotatable bonds is 5. The summed E-state index contributed by atoms with van der Waals surface area (Å²) in [6, 6.07) is 20.8. The van der Waals surface area contributed by atoms with E-state index >= 15 is 0 Å². The van der Waals surface area contributed by atoms with Crippen molar-refractivity contribution in [3.05, 3.63) is 83.0 Å². The van der Waals surface area contributed by atoms with E-state index < -0.39 is 0 Å². The summed E-state index contributed by atoms with van der Waals surface area (Å²) in [6.45, 7) is 1.81. The fraction of sp³-hybridized carbons (Fsp3) is 0.0870. The molecule has 1 amide bonds. The molecule has 0 aliphatic carbocycles. The number of aromatic nitrogens is 2. The summed E-state index contributed by atoms with van der Waals surface area (Å²) in [5, 5.41) is 14.0. The first-order valence-electron chi connectivity index (χ1n) is 9.29. The molecule has 0 atom stereocenters. The van der Waals surface area contributed by atoms with Crippen molar-refractivity contribution in [2.45, 2.75) is 6.92 Å². The zero-order chi connectivity index (χ0) is 21.1. The molecule has 0 radical (unpaired) electrons. The number of amides is 1. The number of nitrogens with zero attached hydrogens (tertiary/aromatic N) is 2. The summed E-state index contributed by atoms with van der Waals surface area (Å²) in [5.74, 6) is 0.296. The SMILES string of the molecule is COc1ccc2ccccc2c1-c1cc(C(=O)NN=C(C)c2ccc(Cl)cc2)[nH]n1. The minimum Gasteiger partial charge on any atom is -0.496 e. The predicted molar refractivity (Wildman–Crippen MR) is 119 cm³/mol. The Morgan fingerprint density at radius 2 is 1.87 bits per heavy atom. The molecular weight excluding hydrogens is 400 g/mol. The Hall–Kier alpha value is -3.64. The Kier molecular flexibility index (Phi) is 5.50. The fourth-order valence-electron chi connectivity index (χ4n) is 3.20. The van der Waals surface area contributed by atoms with Gasteiger partial charge in [-0.05, 0) is 47.5 Å². The van der Waals surface area contributed by atoms with Gasteiger partial charge in [-0.25, -0.2) is 5.43 Å². The quantitative estimate of drug-likeness (QED) is 0.351. The van der Waals surface area contributed by atoms with E-state index in [1.165, 1.54) is 0 Å². The summed E-state index contributed by atoms with van der Waals surface area (Å²) in [6.07, 6.45) is 0. The molecule has 0 fully saturated rings. The number of carbonyl (C=O) groups excluding carboxylic acids is 1. The van der Waals surface area contributed by atoms with Gasteiger partial charge in [0.1, 0.15) is 11.4 Å². The highest BCUT2D eigenvalue weighted by atomic mass is 35.5. The van der Waals surface area contributed by atoms with Crippen LogP contribution in [-0.2, 0) is 0 Å². The Labute approximate surface area is 178 Å². The second-order valence-electron chi connectivity index (χ2n) is 6.68. The van der Waals surface area contributed by atoms with Gasteiger partial charge in [0, 0.05) is 5.02 Å². The van der Waals surface area contributed by atoms with Crippen LogP contribution in [0.2, 0.25) is 5.02 Å². The topological polar surface area (TPSA) is 79.4 Å². The predicted octanol–water partition coefficient (Wildman–Crippen LogP) is 5.05. The highest BCUT2D eigenvalue weighted by molar-refractivity contribution is 6.30. The van der Waals surface area contributed by atoms with E-state index in [9.17, 15) is 4.79 Å². The van der Waals surface area contributed by atoms with Crippen molar-refractivity contribution in [2.24, 2.45) is 5.10 Å². The smallest absolute Gasteiger partial charge is 0.289 e. The van der Waals surface area contributed by atoms with Crippen molar-refractivity contribution in [1.82, 2.24) is 15.6 Å². The van der Waals surface area contributed by atoms with Gasteiger partial charge in [0.25, 0.3) is 5.91 Å². The van der Waals surface area contributed by atoms with Crippen LogP contribution in [0.25, 0.3) is 22.0 Å². The van der Waals surface area contributed by atoms with E-state index in [1.54, 1.807) is 25.3 Å². The van der Waals surface area contributed by atoms with E-state index in [1.807, 2.05) is 55.5 Å². The second kappa shape index (κ2) is 8.39. The summed E-state index contributed by atoms with van der Waals surface area (Å²) in [7, 11) is 1.61. The standard InChI is InChI=1S/C23H19ClN4O2/c1-14(15-7-10-17(24)11-8-15)25-28-23(29)20-13-19(26-27-20)22-18-6-4-3-5-16(18)9-12-21(22)30-2/h3-13H,1-2H3,(H,26,27)(H,28,29). The van der Waals surface area contributed by atoms with Gasteiger partial charge in [0.05, 0.1) is 24.1 Å². The Balaban J connectivity index is 1.60. The number of halogens is 1. The molecule has 0 unspecified atom stereocenters. The third kappa shape index (κ3) is 3.90. The molecule has 0 bridgehead atoms. The maximum atomic E-state index is 12.6. The number of carbonyl (C=O) groups is 1. The number of fused-ring (bicyclic) bond motifs is 1. The third-order valence-corrected chi connectivity index (χ3v) is 5.03. The number of benzene rings is 3. The van der Waals surface area contributed by atoms with Crippen LogP contribution < -0.4 is 10.2 Å². The number of aromatic amines is 1. The van der Waals surface area contributed by atoms with Crippen LogP contribution in [0.1, 0.15) is 23.0 Å². The van der Waals surface area contributed by atoms with Gasteiger partial charge in [-0.1, -0.05) is 54.1 Å². The van der Waals surface area contributed by atoms with Crippen LogP contribution in [-0.4, -0.2) is 28.9 Å². The average Bonchev–Trinajstić information content (AvgIpc) is 3.26. The number of hydrogen-bond acceptors (Lipinski definition) is 4. The normalized spacial score (nSPS) is 11.5. The number of nitrogens with one attached hydrogen (secondary N) is 2. The Morgan fingerprint density at radius 1 is 1.10 bits per heavy atom. The van der Waals surface area contributed by atoms with Crippen LogP contribution in [0.5, 0.6) is 5.75 Å². The molecule has 3 aromatic carbocycles. The van der Waals surface area contributed by atoms with Gasteiger partial charge in [-0.2, -0.15) is 10.2 Å². The lowest BCUT2D eigenvalue weighted by Crippen LogP contribution is -2.19. The van der Waals surface area contributed by atoms with Crippen molar-refractivity contribution >= 4 is 34.0 Å². The van der Waals surface area contributed by atoms with Gasteiger partial charge in [0.2, 0.25) is 0 Å². The van der Waals surface area contributed by atoms with Gasteiger partial charge < -0.3 is 4.74 Å². The average molecular weight is 419 g/mol. The van der Waals surface area contributed by atoms with Gasteiger partial charge in [0.15, 0.2) is 0 Å². The maximum absolute atomic E-state index is 12.6. The number of H-pyrrole nitrogens is 1. The minimum absolute atomic E-state index is 0.299. The molecular formula is C23H19ClN4O2. The molecule has 1 heterocycles. The van der Waals surface area contributed by atoms with Crippen LogP contribution in [0.3, 0.4) is 0 Å². The number of hydrazone groups is 1. The van der Waals surface area contributed by atoms with Crippen LogP contribution in [0.15, 0.2) is 71.8 Å². The van der Waals surface area contributed by atoms with Crippen molar-refractivity contribution in [3.63, 3.8) is 0 Å². The van der Waals surface area contributed by atoms with Gasteiger partial charge in [-0.15, -0.1) is 0 Å². The molecule has 0 aliphatic rings. The fourth-order valence-corrected chi connectivity index (χ4v) is 3.33. The first kappa shape index (κ1) is 19.7. The first-order valence-corrected chi connectivity index (χ1v) is 9.66. The largest absolute Gasteiger partial charge is 0.496 e. The zero-order valence-electron chi connectivity index (χ0n) is 16.4. The second-order valence-corrected chi connectivity index (χ2v) is 7.11. The molecule has 0 saturated carbocycles. The molecule has 0 spiro atoms. The molecule has 150 valence electrons. The molecule has 30 heavy (non-hydrogen) atoms. The molecule has 0 saturated heterocycles. The number of ether oxygens (including phenoxy) is 1. The molecule has 4 aromatic rings. The summed E-state index contributed by atoms with van der Waals surface area (Å²) in [4.78, 5) is 12.6. The van der Waals surface area contributed by atoms with Crippen molar-refractivity contribution in [2.75, 3.05) is 7.11 Å². The number of methoxy groups -OCH3 is 1. The molecule has 2 N–H and O–H groups in total. The zero-order valence-corrected chi connectivity index (χ0v) is 17.2. The van der Waals surface area contributed by atoms with Crippen LogP contribution in [0, 0.1) is 0 Å². The number of hydrogen-bond donors (Lipinski definition) is 2. The van der Waals surface area contributed by atoms with Gasteiger partial charge >= 0.3 is 0 Å². The van der Waals surface area contributed by atoms with E-state index in [2.05, 4.69) is 20.7 Å². The monoisotopic (exact) mass is 418 g/mol. The summed E-state index contributed by atoms with van der Waals surface area (Å²) in [5.41, 5.74) is 5.83. The third-order valence-electron chi connectivity index (χ3n) is 4.78. The Bertz CT molecular complexity index is 1250. The van der Waals surface area contributed by atoms with Crippen molar-refractivity contribution < 1.29 is 9.53 Å². The van der Waals surface area contributed by atoms with Crippen LogP contribution >= 0.6 is 11.6 Å². The van der Waals surface area contributed by atoms with E-state index in [-0.39, 0.29) is 5.91 Å². The molecule has 4 rings (SSSR count). The van der Waals surface area contributed by atoms with Crippen molar-refractivity contribution in [1.29, 1.82) is 0 Å². The minimum atomic E-state index is -0.388. The molecule has 1 aromatic heterocycles. The summed E-state index contributed by atoms with van der Waals surface area (Å²) < 4.78 is 5.53. The highest BCUT2D eigenvalue weighted by Crippen LogP contribution is 2.36. The van der Waals surface area contributed by atoms with E-state index in [4.69, 9.17) is 16.3 Å². The first-order chi connectivity index (χ1) is 14.6. The molecule has 7 heteroatoms. The Morgan fingerprint density at radius 3 is 2.63 bits per heavy atom. The molecule has 6 nitrogen and oxygen atoms in total.